The van der Waals surface area contributed by atoms with Gasteiger partial charge in [0.15, 0.2) is 0 Å². The Labute approximate surface area is 77.4 Å². The average Bonchev–Trinajstić information content (AvgIpc) is 1.12. The molecule has 0 aromatic carbocycles. The second kappa shape index (κ2) is 10.3. The van der Waals surface area contributed by atoms with Crippen LogP contribution in [0.1, 0.15) is 22.3 Å². The SMILES string of the molecule is C.C.C.O=P(O)(O)O.O=P(O)(O)O. The Bertz CT molecular complexity index is 130. The van der Waals surface area contributed by atoms with Crippen LogP contribution in [0.5, 0.6) is 0 Å². The van der Waals surface area contributed by atoms with Gasteiger partial charge in [-0.1, -0.05) is 22.3 Å². The second-order valence-corrected chi connectivity index (χ2v) is 3.08. The zero-order chi connectivity index (χ0) is 9.00. The largest absolute Gasteiger partial charge is 0.466 e. The molecule has 8 nitrogen and oxygen atoms in total. The highest BCUT2D eigenvalue weighted by atomic mass is 31.2. The molecule has 6 N–H and O–H groups in total. The van der Waals surface area contributed by atoms with Gasteiger partial charge >= 0.3 is 15.6 Å². The van der Waals surface area contributed by atoms with Crippen molar-refractivity contribution in [3.05, 3.63) is 0 Å². The first-order valence-electron chi connectivity index (χ1n) is 1.57. The molecule has 0 aliphatic carbocycles. The molecular formula is C3H18O8P2. The summed E-state index contributed by atoms with van der Waals surface area (Å²) in [5.74, 6) is 0. The molecule has 0 aliphatic heterocycles. The lowest BCUT2D eigenvalue weighted by molar-refractivity contribution is 0.272. The Balaban J connectivity index is -0.0000000267. The summed E-state index contributed by atoms with van der Waals surface area (Å²) in [7, 11) is -9.28. The lowest BCUT2D eigenvalue weighted by Gasteiger charge is -1.82. The Morgan fingerprint density at radius 2 is 0.538 bits per heavy atom. The van der Waals surface area contributed by atoms with Crippen molar-refractivity contribution >= 4 is 15.6 Å². The standard InChI is InChI=1S/3CH4.2H3O4P/c;;;2*1-5(2,3)4/h3*1H4;2*(H3,1,2,3,4). The first-order chi connectivity index (χ1) is 4.00. The molecule has 0 radical (unpaired) electrons. The second-order valence-electron chi connectivity index (χ2n) is 1.03. The molecule has 0 unspecified atom stereocenters. The highest BCUT2D eigenvalue weighted by Crippen LogP contribution is 2.26. The van der Waals surface area contributed by atoms with E-state index < -0.39 is 15.6 Å². The number of hydrogen-bond acceptors (Lipinski definition) is 2. The predicted molar refractivity (Wildman–Crippen MR) is 48.7 cm³/mol. The molecule has 0 aromatic heterocycles. The van der Waals surface area contributed by atoms with Gasteiger partial charge in [0.2, 0.25) is 0 Å². The monoisotopic (exact) mass is 244 g/mol. The Morgan fingerprint density at radius 3 is 0.538 bits per heavy atom. The smallest absolute Gasteiger partial charge is 0.303 e. The molecule has 0 bridgehead atoms. The van der Waals surface area contributed by atoms with E-state index in [2.05, 4.69) is 0 Å². The maximum absolute atomic E-state index is 8.88. The molecule has 0 saturated heterocycles. The van der Waals surface area contributed by atoms with Gasteiger partial charge in [0.1, 0.15) is 0 Å². The van der Waals surface area contributed by atoms with Gasteiger partial charge in [-0.3, -0.25) is 0 Å². The molecule has 0 fully saturated rings. The van der Waals surface area contributed by atoms with E-state index in [-0.39, 0.29) is 22.3 Å². The van der Waals surface area contributed by atoms with Crippen LogP contribution in [0.4, 0.5) is 0 Å². The third-order valence-electron chi connectivity index (χ3n) is 0. The summed E-state index contributed by atoms with van der Waals surface area (Å²) < 4.78 is 17.8. The summed E-state index contributed by atoms with van der Waals surface area (Å²) in [6.45, 7) is 0. The van der Waals surface area contributed by atoms with Crippen molar-refractivity contribution in [3.63, 3.8) is 0 Å². The highest BCUT2D eigenvalue weighted by Gasteiger charge is 2.00. The number of hydrogen-bond donors (Lipinski definition) is 6. The fourth-order valence-corrected chi connectivity index (χ4v) is 0. The molecule has 88 valence electrons. The average molecular weight is 244 g/mol. The van der Waals surface area contributed by atoms with E-state index in [4.69, 9.17) is 38.5 Å². The summed E-state index contributed by atoms with van der Waals surface area (Å²) >= 11 is 0. The maximum Gasteiger partial charge on any atom is 0.466 e. The van der Waals surface area contributed by atoms with Gasteiger partial charge in [-0.2, -0.15) is 0 Å². The van der Waals surface area contributed by atoms with Crippen LogP contribution < -0.4 is 0 Å². The van der Waals surface area contributed by atoms with Crippen molar-refractivity contribution in [1.82, 2.24) is 0 Å². The van der Waals surface area contributed by atoms with Crippen molar-refractivity contribution in [2.24, 2.45) is 0 Å². The highest BCUT2D eigenvalue weighted by molar-refractivity contribution is 7.45. The van der Waals surface area contributed by atoms with Crippen LogP contribution >= 0.6 is 15.6 Å². The third-order valence-corrected chi connectivity index (χ3v) is 0. The van der Waals surface area contributed by atoms with E-state index in [0.717, 1.165) is 0 Å². The molecule has 0 amide bonds. The Hall–Kier alpha value is 0.220. The molecule has 0 aromatic rings. The van der Waals surface area contributed by atoms with Gasteiger partial charge in [-0.05, 0) is 0 Å². The molecule has 0 heterocycles. The zero-order valence-electron chi connectivity index (χ0n) is 4.39. The molecule has 0 saturated carbocycles. The van der Waals surface area contributed by atoms with Crippen LogP contribution in [0, 0.1) is 0 Å². The minimum absolute atomic E-state index is 0. The first-order valence-corrected chi connectivity index (χ1v) is 4.70. The van der Waals surface area contributed by atoms with Crippen molar-refractivity contribution in [2.45, 2.75) is 22.3 Å². The minimum atomic E-state index is -4.64. The molecular weight excluding hydrogens is 226 g/mol. The van der Waals surface area contributed by atoms with Crippen LogP contribution in [-0.2, 0) is 9.13 Å². The van der Waals surface area contributed by atoms with Gasteiger partial charge in [-0.25, -0.2) is 9.13 Å². The van der Waals surface area contributed by atoms with Crippen molar-refractivity contribution in [1.29, 1.82) is 0 Å². The summed E-state index contributed by atoms with van der Waals surface area (Å²) in [5.41, 5.74) is 0. The van der Waals surface area contributed by atoms with Gasteiger partial charge < -0.3 is 29.4 Å². The fraction of sp³-hybridized carbons (Fsp3) is 1.00. The van der Waals surface area contributed by atoms with Crippen molar-refractivity contribution in [2.75, 3.05) is 0 Å². The normalized spacial score (nSPS) is 9.08. The van der Waals surface area contributed by atoms with Gasteiger partial charge in [0, 0.05) is 0 Å². The van der Waals surface area contributed by atoms with E-state index in [9.17, 15) is 0 Å². The quantitative estimate of drug-likeness (QED) is 0.326. The molecule has 0 atom stereocenters. The van der Waals surface area contributed by atoms with E-state index in [0.29, 0.717) is 0 Å². The summed E-state index contributed by atoms with van der Waals surface area (Å²) in [6.07, 6.45) is 0. The molecule has 0 rings (SSSR count). The Morgan fingerprint density at radius 1 is 0.538 bits per heavy atom. The van der Waals surface area contributed by atoms with Crippen LogP contribution in [0.25, 0.3) is 0 Å². The summed E-state index contributed by atoms with van der Waals surface area (Å²) in [6, 6.07) is 0. The van der Waals surface area contributed by atoms with E-state index in [1.165, 1.54) is 0 Å². The number of phosphoric acid groups is 2. The lowest BCUT2D eigenvalue weighted by atomic mass is 12.0. The Kier molecular flexibility index (Phi) is 23.2. The van der Waals surface area contributed by atoms with Crippen LogP contribution in [0.2, 0.25) is 0 Å². The van der Waals surface area contributed by atoms with Crippen molar-refractivity contribution < 1.29 is 38.5 Å². The minimum Gasteiger partial charge on any atom is -0.303 e. The van der Waals surface area contributed by atoms with E-state index >= 15 is 0 Å². The zero-order valence-corrected chi connectivity index (χ0v) is 6.18. The molecule has 0 aliphatic rings. The first kappa shape index (κ1) is 29.2. The fourth-order valence-electron chi connectivity index (χ4n) is 0. The van der Waals surface area contributed by atoms with Gasteiger partial charge in [0.25, 0.3) is 0 Å². The number of rotatable bonds is 0. The molecule has 0 spiro atoms. The topological polar surface area (TPSA) is 156 Å². The maximum atomic E-state index is 8.88. The van der Waals surface area contributed by atoms with E-state index in [1.54, 1.807) is 0 Å². The van der Waals surface area contributed by atoms with Gasteiger partial charge in [-0.15, -0.1) is 0 Å². The molecule has 10 heteroatoms. The molecule has 13 heavy (non-hydrogen) atoms. The van der Waals surface area contributed by atoms with Crippen molar-refractivity contribution in [3.8, 4) is 0 Å². The predicted octanol–water partition coefficient (Wildman–Crippen LogP) is 0.0511. The van der Waals surface area contributed by atoms with Crippen LogP contribution in [0.3, 0.4) is 0 Å². The lowest BCUT2D eigenvalue weighted by Crippen LogP contribution is -1.66. The van der Waals surface area contributed by atoms with E-state index in [1.807, 2.05) is 0 Å². The van der Waals surface area contributed by atoms with Crippen LogP contribution in [0.15, 0.2) is 0 Å². The third kappa shape index (κ3) is 26400. The summed E-state index contributed by atoms with van der Waals surface area (Å²) in [4.78, 5) is 43.1. The van der Waals surface area contributed by atoms with Crippen LogP contribution in [-0.4, -0.2) is 29.4 Å². The van der Waals surface area contributed by atoms with Gasteiger partial charge in [0.05, 0.1) is 0 Å². The summed E-state index contributed by atoms with van der Waals surface area (Å²) in [5, 5.41) is 0.